The molecule has 0 aliphatic rings. The minimum atomic E-state index is 1.19. The zero-order valence-corrected chi connectivity index (χ0v) is 26.2. The number of benzene rings is 6. The highest BCUT2D eigenvalue weighted by molar-refractivity contribution is 6.11. The van der Waals surface area contributed by atoms with Crippen molar-refractivity contribution in [2.45, 2.75) is 0 Å². The predicted molar refractivity (Wildman–Crippen MR) is 199 cm³/mol. The van der Waals surface area contributed by atoms with Gasteiger partial charge in [-0.05, 0) is 58.7 Å². The fourth-order valence-electron chi connectivity index (χ4n) is 7.39. The van der Waals surface area contributed by atoms with E-state index in [4.69, 9.17) is 0 Å². The fraction of sp³-hybridized carbons (Fsp3) is 0.0698. The molecule has 0 aliphatic carbocycles. The first kappa shape index (κ1) is 26.6. The molecule has 0 N–H and O–H groups in total. The molecule has 3 heterocycles. The van der Waals surface area contributed by atoms with E-state index in [1.54, 1.807) is 0 Å². The number of fused-ring (bicyclic) bond motifs is 9. The average molecular weight is 592 g/mol. The second kappa shape index (κ2) is 10.1. The van der Waals surface area contributed by atoms with Crippen molar-refractivity contribution in [2.75, 3.05) is 0 Å². The summed E-state index contributed by atoms with van der Waals surface area (Å²) in [5.41, 5.74) is 12.3. The molecule has 9 rings (SSSR count). The van der Waals surface area contributed by atoms with E-state index in [1.165, 1.54) is 87.7 Å². The largest absolute Gasteiger partial charge is 0.344 e. The van der Waals surface area contributed by atoms with Crippen LogP contribution in [0.1, 0.15) is 22.3 Å². The number of nitrogens with zero attached hydrogens (tertiary/aromatic N) is 3. The molecule has 0 saturated carbocycles. The zero-order chi connectivity index (χ0) is 30.9. The summed E-state index contributed by atoms with van der Waals surface area (Å²) in [6.07, 6.45) is 8.89. The van der Waals surface area contributed by atoms with Crippen LogP contribution in [-0.2, 0) is 21.1 Å². The van der Waals surface area contributed by atoms with Crippen molar-refractivity contribution in [2.24, 2.45) is 21.1 Å². The zero-order valence-electron chi connectivity index (χ0n) is 26.2. The molecule has 3 heteroatoms. The fourth-order valence-corrected chi connectivity index (χ4v) is 7.39. The molecule has 46 heavy (non-hydrogen) atoms. The third kappa shape index (κ3) is 4.05. The van der Waals surface area contributed by atoms with Gasteiger partial charge in [-0.25, -0.2) is 0 Å². The van der Waals surface area contributed by atoms with Crippen molar-refractivity contribution < 1.29 is 0 Å². The summed E-state index contributed by atoms with van der Waals surface area (Å²) in [5.74, 6) is 0. The minimum absolute atomic E-state index is 1.19. The lowest BCUT2D eigenvalue weighted by molar-refractivity contribution is 1.01. The molecular weight excluding hydrogens is 558 g/mol. The van der Waals surface area contributed by atoms with Crippen molar-refractivity contribution in [3.8, 4) is 0 Å². The topological polar surface area (TPSA) is 14.8 Å². The summed E-state index contributed by atoms with van der Waals surface area (Å²) in [6, 6.07) is 44.3. The third-order valence-electron chi connectivity index (χ3n) is 9.87. The Balaban J connectivity index is 1.03. The Morgan fingerprint density at radius 1 is 0.304 bits per heavy atom. The predicted octanol–water partition coefficient (Wildman–Crippen LogP) is 11.0. The molecule has 3 nitrogen and oxygen atoms in total. The minimum Gasteiger partial charge on any atom is -0.344 e. The monoisotopic (exact) mass is 591 g/mol. The second-order valence-electron chi connectivity index (χ2n) is 12.5. The smallest absolute Gasteiger partial charge is 0.0494 e. The summed E-state index contributed by atoms with van der Waals surface area (Å²) in [5, 5.41) is 7.77. The number of aromatic nitrogens is 3. The van der Waals surface area contributed by atoms with Crippen molar-refractivity contribution >= 4 is 89.7 Å². The van der Waals surface area contributed by atoms with Crippen LogP contribution in [-0.4, -0.2) is 13.7 Å². The van der Waals surface area contributed by atoms with Crippen LogP contribution in [0.2, 0.25) is 0 Å². The van der Waals surface area contributed by atoms with Crippen molar-refractivity contribution in [3.05, 3.63) is 144 Å². The van der Waals surface area contributed by atoms with Gasteiger partial charge in [0.2, 0.25) is 0 Å². The van der Waals surface area contributed by atoms with Gasteiger partial charge in [-0.15, -0.1) is 0 Å². The van der Waals surface area contributed by atoms with Crippen LogP contribution in [0.4, 0.5) is 0 Å². The molecule has 0 bridgehead atoms. The molecule has 0 unspecified atom stereocenters. The van der Waals surface area contributed by atoms with Gasteiger partial charge in [-0.1, -0.05) is 109 Å². The first-order valence-electron chi connectivity index (χ1n) is 15.9. The molecule has 0 saturated heterocycles. The Labute approximate surface area is 267 Å². The van der Waals surface area contributed by atoms with Gasteiger partial charge >= 0.3 is 0 Å². The van der Waals surface area contributed by atoms with E-state index in [-0.39, 0.29) is 0 Å². The van der Waals surface area contributed by atoms with E-state index in [0.717, 1.165) is 0 Å². The molecule has 0 spiro atoms. The van der Waals surface area contributed by atoms with Crippen LogP contribution < -0.4 is 0 Å². The first-order valence-corrected chi connectivity index (χ1v) is 15.9. The SMILES string of the molecule is Cn1c2ccccc2c2ccc(/C=C/c3ccc4c5ccc(/C=C/c6ccc7c8ccccc8n(C)c7c6)cc5n(C)c4c3)cc21. The number of para-hydroxylation sites is 2. The van der Waals surface area contributed by atoms with Gasteiger partial charge in [0, 0.05) is 86.6 Å². The highest BCUT2D eigenvalue weighted by atomic mass is 14.9. The second-order valence-corrected chi connectivity index (χ2v) is 12.5. The molecule has 0 atom stereocenters. The van der Waals surface area contributed by atoms with Crippen molar-refractivity contribution in [3.63, 3.8) is 0 Å². The molecule has 0 aliphatic heterocycles. The third-order valence-corrected chi connectivity index (χ3v) is 9.87. The van der Waals surface area contributed by atoms with Crippen LogP contribution >= 0.6 is 0 Å². The van der Waals surface area contributed by atoms with E-state index in [1.807, 2.05) is 0 Å². The number of aryl methyl sites for hydroxylation is 3. The summed E-state index contributed by atoms with van der Waals surface area (Å²) in [6.45, 7) is 0. The van der Waals surface area contributed by atoms with Gasteiger partial charge in [0.1, 0.15) is 0 Å². The van der Waals surface area contributed by atoms with E-state index in [2.05, 4.69) is 180 Å². The lowest BCUT2D eigenvalue weighted by Gasteiger charge is -2.02. The lowest BCUT2D eigenvalue weighted by Crippen LogP contribution is -1.87. The van der Waals surface area contributed by atoms with E-state index < -0.39 is 0 Å². The van der Waals surface area contributed by atoms with E-state index in [9.17, 15) is 0 Å². The Morgan fingerprint density at radius 2 is 0.565 bits per heavy atom. The van der Waals surface area contributed by atoms with Gasteiger partial charge in [0.05, 0.1) is 0 Å². The van der Waals surface area contributed by atoms with Crippen LogP contribution in [0.5, 0.6) is 0 Å². The molecule has 0 amide bonds. The Bertz CT molecular complexity index is 2540. The molecule has 6 aromatic carbocycles. The molecule has 220 valence electrons. The quantitative estimate of drug-likeness (QED) is 0.181. The summed E-state index contributed by atoms with van der Waals surface area (Å²) < 4.78 is 6.90. The van der Waals surface area contributed by atoms with Gasteiger partial charge in [0.25, 0.3) is 0 Å². The van der Waals surface area contributed by atoms with Crippen LogP contribution in [0.25, 0.3) is 89.7 Å². The molecular formula is C43H33N3. The number of hydrogen-bond acceptors (Lipinski definition) is 0. The van der Waals surface area contributed by atoms with Gasteiger partial charge in [-0.2, -0.15) is 0 Å². The standard InChI is InChI=1S/C43H33N3/c1-44-38-10-6-4-8-32(38)34-20-16-28(24-40(34)44)12-14-30-18-22-36-37-23-19-31(27-43(37)46(3)42(36)26-30)15-13-29-17-21-35-33-9-5-7-11-39(33)45(2)41(35)25-29/h4-27H,1-3H3/b14-12+,15-13+. The van der Waals surface area contributed by atoms with Crippen molar-refractivity contribution in [1.82, 2.24) is 13.7 Å². The van der Waals surface area contributed by atoms with Crippen LogP contribution in [0.15, 0.2) is 121 Å². The first-order chi connectivity index (χ1) is 22.5. The van der Waals surface area contributed by atoms with Crippen LogP contribution in [0.3, 0.4) is 0 Å². The highest BCUT2D eigenvalue weighted by Crippen LogP contribution is 2.33. The van der Waals surface area contributed by atoms with Gasteiger partial charge in [0.15, 0.2) is 0 Å². The summed E-state index contributed by atoms with van der Waals surface area (Å²) in [4.78, 5) is 0. The van der Waals surface area contributed by atoms with Crippen molar-refractivity contribution in [1.29, 1.82) is 0 Å². The highest BCUT2D eigenvalue weighted by Gasteiger charge is 2.11. The summed E-state index contributed by atoms with van der Waals surface area (Å²) in [7, 11) is 6.48. The maximum absolute atomic E-state index is 2.32. The van der Waals surface area contributed by atoms with Crippen LogP contribution in [0, 0.1) is 0 Å². The summed E-state index contributed by atoms with van der Waals surface area (Å²) >= 11 is 0. The van der Waals surface area contributed by atoms with Gasteiger partial charge in [-0.3, -0.25) is 0 Å². The number of rotatable bonds is 4. The van der Waals surface area contributed by atoms with E-state index in [0.29, 0.717) is 0 Å². The normalized spacial score (nSPS) is 12.5. The number of hydrogen-bond donors (Lipinski definition) is 0. The Hall–Kier alpha value is -5.80. The van der Waals surface area contributed by atoms with Gasteiger partial charge < -0.3 is 13.7 Å². The molecule has 0 fully saturated rings. The molecule has 3 aromatic heterocycles. The molecule has 9 aromatic rings. The van der Waals surface area contributed by atoms with E-state index >= 15 is 0 Å². The maximum atomic E-state index is 2.32. The Morgan fingerprint density at radius 3 is 0.891 bits per heavy atom. The lowest BCUT2D eigenvalue weighted by atomic mass is 10.1. The average Bonchev–Trinajstić information content (AvgIpc) is 3.67. The Kier molecular flexibility index (Phi) is 5.85. The maximum Gasteiger partial charge on any atom is 0.0494 e. The molecule has 0 radical (unpaired) electrons.